The maximum absolute atomic E-state index is 11.6. The van der Waals surface area contributed by atoms with Crippen LogP contribution >= 0.6 is 0 Å². The second-order valence-corrected chi connectivity index (χ2v) is 4.08. The molecule has 0 saturated heterocycles. The van der Waals surface area contributed by atoms with E-state index in [1.165, 1.54) is 6.08 Å². The minimum Gasteiger partial charge on any atom is -0.496 e. The van der Waals surface area contributed by atoms with Gasteiger partial charge in [0.15, 0.2) is 0 Å². The SMILES string of the molecule is COc1ccccc1/C=C/C(=O)NC(C)CC(=O)O. The van der Waals surface area contributed by atoms with Crippen LogP contribution in [0.25, 0.3) is 6.08 Å². The van der Waals surface area contributed by atoms with Crippen LogP contribution in [0.1, 0.15) is 18.9 Å². The molecule has 0 aromatic heterocycles. The van der Waals surface area contributed by atoms with Gasteiger partial charge in [0, 0.05) is 17.7 Å². The number of ether oxygens (including phenoxy) is 1. The molecule has 2 N–H and O–H groups in total. The number of carbonyl (C=O) groups is 2. The van der Waals surface area contributed by atoms with Gasteiger partial charge in [0.1, 0.15) is 5.75 Å². The Bertz CT molecular complexity index is 482. The topological polar surface area (TPSA) is 75.6 Å². The highest BCUT2D eigenvalue weighted by Gasteiger charge is 2.08. The average molecular weight is 263 g/mol. The van der Waals surface area contributed by atoms with Gasteiger partial charge in [-0.3, -0.25) is 9.59 Å². The number of para-hydroxylation sites is 1. The highest BCUT2D eigenvalue weighted by atomic mass is 16.5. The molecule has 0 aliphatic rings. The van der Waals surface area contributed by atoms with Gasteiger partial charge in [0.2, 0.25) is 5.91 Å². The van der Waals surface area contributed by atoms with Crippen LogP contribution in [-0.2, 0) is 9.59 Å². The Kier molecular flexibility index (Phi) is 5.60. The van der Waals surface area contributed by atoms with Crippen LogP contribution in [0.2, 0.25) is 0 Å². The van der Waals surface area contributed by atoms with Crippen molar-refractivity contribution in [2.45, 2.75) is 19.4 Å². The van der Waals surface area contributed by atoms with E-state index in [1.54, 1.807) is 26.2 Å². The first kappa shape index (κ1) is 14.8. The van der Waals surface area contributed by atoms with Crippen molar-refractivity contribution in [1.82, 2.24) is 5.32 Å². The predicted molar refractivity (Wildman–Crippen MR) is 71.9 cm³/mol. The minimum absolute atomic E-state index is 0.103. The summed E-state index contributed by atoms with van der Waals surface area (Å²) in [5.41, 5.74) is 0.783. The minimum atomic E-state index is -0.943. The van der Waals surface area contributed by atoms with Crippen molar-refractivity contribution in [2.75, 3.05) is 7.11 Å². The summed E-state index contributed by atoms with van der Waals surface area (Å²) < 4.78 is 5.15. The standard InChI is InChI=1S/C14H17NO4/c1-10(9-14(17)18)15-13(16)8-7-11-5-3-4-6-12(11)19-2/h3-8,10H,9H2,1-2H3,(H,15,16)(H,17,18)/b8-7+. The lowest BCUT2D eigenvalue weighted by Gasteiger charge is -2.09. The van der Waals surface area contributed by atoms with Crippen molar-refractivity contribution in [2.24, 2.45) is 0 Å². The summed E-state index contributed by atoms with van der Waals surface area (Å²) in [7, 11) is 1.56. The molecule has 0 bridgehead atoms. The van der Waals surface area contributed by atoms with Gasteiger partial charge in [0.25, 0.3) is 0 Å². The quantitative estimate of drug-likeness (QED) is 0.766. The average Bonchev–Trinajstić information content (AvgIpc) is 2.35. The zero-order valence-corrected chi connectivity index (χ0v) is 10.9. The molecule has 0 aliphatic carbocycles. The smallest absolute Gasteiger partial charge is 0.305 e. The number of amides is 1. The first-order valence-electron chi connectivity index (χ1n) is 5.86. The first-order chi connectivity index (χ1) is 9.02. The molecular weight excluding hydrogens is 246 g/mol. The van der Waals surface area contributed by atoms with E-state index in [4.69, 9.17) is 9.84 Å². The van der Waals surface area contributed by atoms with E-state index in [9.17, 15) is 9.59 Å². The van der Waals surface area contributed by atoms with Crippen molar-refractivity contribution < 1.29 is 19.4 Å². The van der Waals surface area contributed by atoms with Crippen LogP contribution in [0, 0.1) is 0 Å². The molecule has 0 radical (unpaired) electrons. The Hall–Kier alpha value is -2.30. The van der Waals surface area contributed by atoms with Crippen LogP contribution in [0.4, 0.5) is 0 Å². The van der Waals surface area contributed by atoms with Gasteiger partial charge >= 0.3 is 5.97 Å². The van der Waals surface area contributed by atoms with Crippen molar-refractivity contribution in [3.63, 3.8) is 0 Å². The molecule has 0 fully saturated rings. The van der Waals surface area contributed by atoms with Crippen LogP contribution in [0.15, 0.2) is 30.3 Å². The van der Waals surface area contributed by atoms with Gasteiger partial charge < -0.3 is 15.2 Å². The molecule has 0 spiro atoms. The first-order valence-corrected chi connectivity index (χ1v) is 5.86. The molecule has 5 heteroatoms. The summed E-state index contributed by atoms with van der Waals surface area (Å²) in [5.74, 6) is -0.605. The van der Waals surface area contributed by atoms with Crippen LogP contribution in [0.5, 0.6) is 5.75 Å². The molecule has 102 valence electrons. The van der Waals surface area contributed by atoms with Gasteiger partial charge in [-0.1, -0.05) is 18.2 Å². The lowest BCUT2D eigenvalue weighted by atomic mass is 10.2. The highest BCUT2D eigenvalue weighted by molar-refractivity contribution is 5.92. The van der Waals surface area contributed by atoms with Crippen molar-refractivity contribution in [3.05, 3.63) is 35.9 Å². The Morgan fingerprint density at radius 2 is 2.11 bits per heavy atom. The molecule has 1 aromatic rings. The number of hydrogen-bond acceptors (Lipinski definition) is 3. The van der Waals surface area contributed by atoms with Crippen molar-refractivity contribution >= 4 is 18.0 Å². The number of carbonyl (C=O) groups excluding carboxylic acids is 1. The summed E-state index contributed by atoms with van der Waals surface area (Å²) in [6.07, 6.45) is 2.88. The highest BCUT2D eigenvalue weighted by Crippen LogP contribution is 2.18. The van der Waals surface area contributed by atoms with Gasteiger partial charge in [-0.15, -0.1) is 0 Å². The Morgan fingerprint density at radius 1 is 1.42 bits per heavy atom. The fourth-order valence-electron chi connectivity index (χ4n) is 1.57. The monoisotopic (exact) mass is 263 g/mol. The molecule has 0 aliphatic heterocycles. The van der Waals surface area contributed by atoms with Gasteiger partial charge in [-0.25, -0.2) is 0 Å². The Morgan fingerprint density at radius 3 is 2.74 bits per heavy atom. The maximum atomic E-state index is 11.6. The summed E-state index contributed by atoms with van der Waals surface area (Å²) >= 11 is 0. The fourth-order valence-corrected chi connectivity index (χ4v) is 1.57. The van der Waals surface area contributed by atoms with Crippen molar-refractivity contribution in [1.29, 1.82) is 0 Å². The Labute approximate surface area is 111 Å². The van der Waals surface area contributed by atoms with E-state index in [0.29, 0.717) is 5.75 Å². The summed E-state index contributed by atoms with van der Waals surface area (Å²) in [6.45, 7) is 1.64. The van der Waals surface area contributed by atoms with Crippen LogP contribution < -0.4 is 10.1 Å². The molecule has 1 rings (SSSR count). The van der Waals surface area contributed by atoms with Gasteiger partial charge in [0.05, 0.1) is 13.5 Å². The number of rotatable bonds is 6. The summed E-state index contributed by atoms with van der Waals surface area (Å²) in [5, 5.41) is 11.2. The molecule has 0 saturated carbocycles. The zero-order valence-electron chi connectivity index (χ0n) is 10.9. The second kappa shape index (κ2) is 7.20. The maximum Gasteiger partial charge on any atom is 0.305 e. The lowest BCUT2D eigenvalue weighted by molar-refractivity contribution is -0.137. The van der Waals surface area contributed by atoms with E-state index < -0.39 is 12.0 Å². The molecule has 1 amide bonds. The predicted octanol–water partition coefficient (Wildman–Crippen LogP) is 1.69. The summed E-state index contributed by atoms with van der Waals surface area (Å²) in [6, 6.07) is 6.89. The third-order valence-electron chi connectivity index (χ3n) is 2.42. The second-order valence-electron chi connectivity index (χ2n) is 4.08. The third-order valence-corrected chi connectivity index (χ3v) is 2.42. The van der Waals surface area contributed by atoms with E-state index >= 15 is 0 Å². The van der Waals surface area contributed by atoms with Crippen LogP contribution in [-0.4, -0.2) is 30.1 Å². The number of benzene rings is 1. The van der Waals surface area contributed by atoms with E-state index in [2.05, 4.69) is 5.32 Å². The molecule has 5 nitrogen and oxygen atoms in total. The largest absolute Gasteiger partial charge is 0.496 e. The van der Waals surface area contributed by atoms with E-state index in [1.807, 2.05) is 18.2 Å². The number of hydrogen-bond donors (Lipinski definition) is 2. The number of nitrogens with one attached hydrogen (secondary N) is 1. The van der Waals surface area contributed by atoms with Gasteiger partial charge in [-0.05, 0) is 19.1 Å². The summed E-state index contributed by atoms with van der Waals surface area (Å²) in [4.78, 5) is 22.0. The third kappa shape index (κ3) is 5.25. The van der Waals surface area contributed by atoms with E-state index in [0.717, 1.165) is 5.56 Å². The van der Waals surface area contributed by atoms with Crippen LogP contribution in [0.3, 0.4) is 0 Å². The molecule has 1 unspecified atom stereocenters. The fraction of sp³-hybridized carbons (Fsp3) is 0.286. The Balaban J connectivity index is 2.61. The zero-order chi connectivity index (χ0) is 14.3. The lowest BCUT2D eigenvalue weighted by Crippen LogP contribution is -2.32. The number of methoxy groups -OCH3 is 1. The molecular formula is C14H17NO4. The number of carboxylic acid groups (broad SMARTS) is 1. The molecule has 0 heterocycles. The van der Waals surface area contributed by atoms with Gasteiger partial charge in [-0.2, -0.15) is 0 Å². The number of aliphatic carboxylic acids is 1. The number of carboxylic acids is 1. The molecule has 19 heavy (non-hydrogen) atoms. The molecule has 1 atom stereocenters. The molecule has 1 aromatic carbocycles. The normalized spacial score (nSPS) is 12.1. The van der Waals surface area contributed by atoms with E-state index in [-0.39, 0.29) is 12.3 Å². The van der Waals surface area contributed by atoms with Crippen molar-refractivity contribution in [3.8, 4) is 5.75 Å².